The van der Waals surface area contributed by atoms with Crippen molar-refractivity contribution < 1.29 is 9.18 Å². The zero-order valence-corrected chi connectivity index (χ0v) is 10.4. The van der Waals surface area contributed by atoms with Crippen LogP contribution in [0, 0.1) is 5.82 Å². The van der Waals surface area contributed by atoms with E-state index in [1.54, 1.807) is 0 Å². The monoisotopic (exact) mass is 269 g/mol. The molecule has 1 aromatic heterocycles. The van der Waals surface area contributed by atoms with Gasteiger partial charge in [-0.2, -0.15) is 0 Å². The van der Waals surface area contributed by atoms with E-state index in [0.717, 1.165) is 4.34 Å². The zero-order chi connectivity index (χ0) is 12.3. The number of thioether (sulfide) groups is 1. The Morgan fingerprint density at radius 3 is 2.65 bits per heavy atom. The number of carbonyl (C=O) groups is 1. The van der Waals surface area contributed by atoms with Gasteiger partial charge in [0.1, 0.15) is 5.82 Å². The highest BCUT2D eigenvalue weighted by molar-refractivity contribution is 8.00. The fourth-order valence-electron chi connectivity index (χ4n) is 1.11. The molecule has 1 aromatic carbocycles. The Kier molecular flexibility index (Phi) is 3.70. The van der Waals surface area contributed by atoms with E-state index >= 15 is 0 Å². The number of hydrogen-bond donors (Lipinski definition) is 1. The van der Waals surface area contributed by atoms with E-state index in [0.29, 0.717) is 10.7 Å². The molecule has 4 nitrogen and oxygen atoms in total. The van der Waals surface area contributed by atoms with Crippen molar-refractivity contribution in [3.05, 3.63) is 35.6 Å². The molecule has 0 radical (unpaired) electrons. The summed E-state index contributed by atoms with van der Waals surface area (Å²) in [4.78, 5) is 11.7. The van der Waals surface area contributed by atoms with Crippen molar-refractivity contribution in [2.24, 2.45) is 0 Å². The molecule has 2 rings (SSSR count). The van der Waals surface area contributed by atoms with Crippen LogP contribution in [0.3, 0.4) is 0 Å². The van der Waals surface area contributed by atoms with Gasteiger partial charge in [0.2, 0.25) is 5.13 Å². The van der Waals surface area contributed by atoms with Gasteiger partial charge in [0.25, 0.3) is 5.91 Å². The van der Waals surface area contributed by atoms with E-state index in [9.17, 15) is 9.18 Å². The van der Waals surface area contributed by atoms with E-state index in [1.165, 1.54) is 47.4 Å². The first-order valence-corrected chi connectivity index (χ1v) is 6.67. The summed E-state index contributed by atoms with van der Waals surface area (Å²) in [5.41, 5.74) is 0.382. The third-order valence-electron chi connectivity index (χ3n) is 1.91. The second-order valence-corrected chi connectivity index (χ2v) is 5.07. The highest BCUT2D eigenvalue weighted by Crippen LogP contribution is 2.23. The average Bonchev–Trinajstić information content (AvgIpc) is 2.77. The summed E-state index contributed by atoms with van der Waals surface area (Å²) in [5, 5.41) is 10.7. The van der Waals surface area contributed by atoms with Crippen LogP contribution in [-0.4, -0.2) is 22.4 Å². The lowest BCUT2D eigenvalue weighted by molar-refractivity contribution is 0.102. The summed E-state index contributed by atoms with van der Waals surface area (Å²) in [5.74, 6) is -0.698. The molecule has 1 amide bonds. The molecular formula is C10H8FN3OS2. The lowest BCUT2D eigenvalue weighted by Gasteiger charge is -2.00. The van der Waals surface area contributed by atoms with Crippen LogP contribution in [0.15, 0.2) is 28.6 Å². The molecule has 0 saturated carbocycles. The van der Waals surface area contributed by atoms with Crippen molar-refractivity contribution in [1.82, 2.24) is 10.2 Å². The Morgan fingerprint density at radius 1 is 1.35 bits per heavy atom. The number of anilines is 1. The highest BCUT2D eigenvalue weighted by atomic mass is 32.2. The number of amides is 1. The van der Waals surface area contributed by atoms with Crippen molar-refractivity contribution >= 4 is 34.1 Å². The molecule has 0 unspecified atom stereocenters. The van der Waals surface area contributed by atoms with E-state index in [2.05, 4.69) is 15.5 Å². The van der Waals surface area contributed by atoms with E-state index in [-0.39, 0.29) is 11.7 Å². The van der Waals surface area contributed by atoms with Gasteiger partial charge in [-0.15, -0.1) is 10.2 Å². The van der Waals surface area contributed by atoms with Gasteiger partial charge in [-0.25, -0.2) is 4.39 Å². The second kappa shape index (κ2) is 5.24. The molecule has 0 aliphatic rings. The zero-order valence-electron chi connectivity index (χ0n) is 8.81. The fourth-order valence-corrected chi connectivity index (χ4v) is 2.28. The van der Waals surface area contributed by atoms with Crippen LogP contribution >= 0.6 is 23.1 Å². The van der Waals surface area contributed by atoms with Gasteiger partial charge in [-0.1, -0.05) is 23.1 Å². The smallest absolute Gasteiger partial charge is 0.257 e. The largest absolute Gasteiger partial charge is 0.296 e. The molecule has 0 atom stereocenters. The number of nitrogens with zero attached hydrogens (tertiary/aromatic N) is 2. The predicted octanol–water partition coefficient (Wildman–Crippen LogP) is 2.65. The number of benzene rings is 1. The maximum absolute atomic E-state index is 12.7. The first kappa shape index (κ1) is 12.0. The van der Waals surface area contributed by atoms with Crippen LogP contribution in [0.25, 0.3) is 0 Å². The SMILES string of the molecule is CSc1nnc(NC(=O)c2ccc(F)cc2)s1. The molecule has 0 spiro atoms. The number of halogens is 1. The van der Waals surface area contributed by atoms with E-state index in [1.807, 2.05) is 6.26 Å². The van der Waals surface area contributed by atoms with Crippen molar-refractivity contribution in [3.63, 3.8) is 0 Å². The first-order chi connectivity index (χ1) is 8.19. The molecule has 1 heterocycles. The number of hydrogen-bond acceptors (Lipinski definition) is 5. The topological polar surface area (TPSA) is 54.9 Å². The minimum absolute atomic E-state index is 0.325. The van der Waals surface area contributed by atoms with E-state index in [4.69, 9.17) is 0 Å². The van der Waals surface area contributed by atoms with Crippen molar-refractivity contribution in [2.45, 2.75) is 4.34 Å². The fraction of sp³-hybridized carbons (Fsp3) is 0.100. The van der Waals surface area contributed by atoms with Crippen molar-refractivity contribution in [1.29, 1.82) is 0 Å². The van der Waals surface area contributed by atoms with E-state index < -0.39 is 0 Å². The Bertz CT molecular complexity index is 527. The summed E-state index contributed by atoms with van der Waals surface area (Å²) in [7, 11) is 0. The average molecular weight is 269 g/mol. The Hall–Kier alpha value is -1.47. The molecule has 2 aromatic rings. The molecule has 0 fully saturated rings. The minimum atomic E-state index is -0.373. The summed E-state index contributed by atoms with van der Waals surface area (Å²) in [6.07, 6.45) is 1.88. The predicted molar refractivity (Wildman–Crippen MR) is 66.0 cm³/mol. The number of carbonyl (C=O) groups excluding carboxylic acids is 1. The molecule has 0 aliphatic heterocycles. The molecular weight excluding hydrogens is 261 g/mol. The first-order valence-electron chi connectivity index (χ1n) is 4.63. The molecule has 7 heteroatoms. The molecule has 1 N–H and O–H groups in total. The Balaban J connectivity index is 2.08. The van der Waals surface area contributed by atoms with Crippen molar-refractivity contribution in [2.75, 3.05) is 11.6 Å². The third-order valence-corrected chi connectivity index (χ3v) is 3.72. The van der Waals surface area contributed by atoms with Crippen LogP contribution in [0.4, 0.5) is 9.52 Å². The van der Waals surface area contributed by atoms with Gasteiger partial charge in [-0.3, -0.25) is 10.1 Å². The Labute approximate surface area is 105 Å². The third kappa shape index (κ3) is 3.01. The summed E-state index contributed by atoms with van der Waals surface area (Å²) >= 11 is 2.75. The van der Waals surface area contributed by atoms with Gasteiger partial charge in [-0.05, 0) is 30.5 Å². The molecule has 0 bridgehead atoms. The summed E-state index contributed by atoms with van der Waals surface area (Å²) in [6, 6.07) is 5.31. The summed E-state index contributed by atoms with van der Waals surface area (Å²) in [6.45, 7) is 0. The maximum atomic E-state index is 12.7. The lowest BCUT2D eigenvalue weighted by atomic mass is 10.2. The molecule has 17 heavy (non-hydrogen) atoms. The lowest BCUT2D eigenvalue weighted by Crippen LogP contribution is -2.11. The van der Waals surface area contributed by atoms with Gasteiger partial charge >= 0.3 is 0 Å². The summed E-state index contributed by atoms with van der Waals surface area (Å²) < 4.78 is 13.4. The standard InChI is InChI=1S/C10H8FN3OS2/c1-16-10-14-13-9(17-10)12-8(15)6-2-4-7(11)5-3-6/h2-5H,1H3,(H,12,13,15). The number of aromatic nitrogens is 2. The second-order valence-electron chi connectivity index (χ2n) is 3.04. The number of nitrogens with one attached hydrogen (secondary N) is 1. The highest BCUT2D eigenvalue weighted by Gasteiger charge is 2.09. The van der Waals surface area contributed by atoms with Crippen LogP contribution in [0.5, 0.6) is 0 Å². The number of rotatable bonds is 3. The van der Waals surface area contributed by atoms with Gasteiger partial charge in [0, 0.05) is 5.56 Å². The quantitative estimate of drug-likeness (QED) is 0.687. The van der Waals surface area contributed by atoms with Crippen molar-refractivity contribution in [3.8, 4) is 0 Å². The normalized spacial score (nSPS) is 10.2. The van der Waals surface area contributed by atoms with Gasteiger partial charge in [0.15, 0.2) is 4.34 Å². The maximum Gasteiger partial charge on any atom is 0.257 e. The molecule has 0 aliphatic carbocycles. The van der Waals surface area contributed by atoms with Gasteiger partial charge in [0.05, 0.1) is 0 Å². The van der Waals surface area contributed by atoms with Gasteiger partial charge < -0.3 is 0 Å². The minimum Gasteiger partial charge on any atom is -0.296 e. The van der Waals surface area contributed by atoms with Crippen LogP contribution in [0.2, 0.25) is 0 Å². The molecule has 88 valence electrons. The van der Waals surface area contributed by atoms with Crippen LogP contribution in [0.1, 0.15) is 10.4 Å². The van der Waals surface area contributed by atoms with Crippen LogP contribution in [-0.2, 0) is 0 Å². The Morgan fingerprint density at radius 2 is 2.06 bits per heavy atom. The molecule has 0 saturated heterocycles. The van der Waals surface area contributed by atoms with Crippen LogP contribution < -0.4 is 5.32 Å².